The molecule has 2 aromatic heterocycles. The van der Waals surface area contributed by atoms with Crippen LogP contribution in [0.4, 0.5) is 19.0 Å². The van der Waals surface area contributed by atoms with Gasteiger partial charge in [-0.1, -0.05) is 32.3 Å². The number of hydrogen-bond donors (Lipinski definition) is 3. The first-order chi connectivity index (χ1) is 14.8. The zero-order chi connectivity index (χ0) is 22.9. The first kappa shape index (κ1) is 24.0. The van der Waals surface area contributed by atoms with Gasteiger partial charge in [-0.3, -0.25) is 30.6 Å². The Balaban J connectivity index is 2.23. The summed E-state index contributed by atoms with van der Waals surface area (Å²) in [4.78, 5) is 34.1. The molecule has 0 aliphatic heterocycles. The minimum absolute atomic E-state index is 0.175. The van der Waals surface area contributed by atoms with Crippen LogP contribution in [0.5, 0.6) is 0 Å². The molecule has 2 rings (SSSR count). The lowest BCUT2D eigenvalue weighted by molar-refractivity contribution is -0.154. The number of anilines is 1. The highest BCUT2D eigenvalue weighted by molar-refractivity contribution is 5.82. The summed E-state index contributed by atoms with van der Waals surface area (Å²) in [6, 6.07) is 3.20. The second-order valence-corrected chi connectivity index (χ2v) is 6.73. The number of aromatic nitrogens is 3. The van der Waals surface area contributed by atoms with Crippen molar-refractivity contribution in [3.8, 4) is 11.1 Å². The number of halogens is 3. The molecular formula is C19H23F3N6O3. The Kier molecular flexibility index (Phi) is 8.67. The third kappa shape index (κ3) is 7.17. The number of hydrazine groups is 1. The number of hydrogen-bond acceptors (Lipinski definition) is 7. The first-order valence-electron chi connectivity index (χ1n) is 9.57. The van der Waals surface area contributed by atoms with Gasteiger partial charge in [-0.25, -0.2) is 15.0 Å². The number of pyridine rings is 1. The predicted octanol–water partition coefficient (Wildman–Crippen LogP) is 3.04. The van der Waals surface area contributed by atoms with Gasteiger partial charge in [0.25, 0.3) is 0 Å². The first-order valence-corrected chi connectivity index (χ1v) is 9.57. The van der Waals surface area contributed by atoms with Crippen molar-refractivity contribution in [2.24, 2.45) is 5.92 Å². The van der Waals surface area contributed by atoms with Gasteiger partial charge in [0.05, 0.1) is 12.5 Å². The summed E-state index contributed by atoms with van der Waals surface area (Å²) in [6.45, 7) is 1.72. The molecule has 2 heterocycles. The van der Waals surface area contributed by atoms with Crippen LogP contribution in [-0.2, 0) is 15.8 Å². The van der Waals surface area contributed by atoms with E-state index in [2.05, 4.69) is 25.8 Å². The number of carbonyl (C=O) groups excluding carboxylic acids is 2. The van der Waals surface area contributed by atoms with Crippen LogP contribution in [0.15, 0.2) is 30.7 Å². The van der Waals surface area contributed by atoms with Gasteiger partial charge in [-0.15, -0.1) is 0 Å². The van der Waals surface area contributed by atoms with E-state index < -0.39 is 23.8 Å². The second-order valence-electron chi connectivity index (χ2n) is 6.73. The number of rotatable bonds is 11. The number of unbranched alkanes of at least 4 members (excludes halogenated alkanes) is 2. The van der Waals surface area contributed by atoms with Gasteiger partial charge in [0.15, 0.2) is 5.82 Å². The molecule has 2 amide bonds. The standard InChI is InChI=1S/C19H23F3N6O3/c1-2-3-4-6-14(11-28(31)12-29)17(30)27-26-16-15(13-7-5-8-23-9-13)10-24-18(25-16)19(20,21)22/h5,7-10,12,14,31H,2-4,6,11H2,1H3,(H,27,30)(H,24,25,26). The normalized spacial score (nSPS) is 12.2. The van der Waals surface area contributed by atoms with Crippen LogP contribution in [0.3, 0.4) is 0 Å². The molecule has 168 valence electrons. The maximum absolute atomic E-state index is 13.1. The largest absolute Gasteiger partial charge is 0.451 e. The van der Waals surface area contributed by atoms with E-state index in [1.54, 1.807) is 12.1 Å². The highest BCUT2D eigenvalue weighted by Gasteiger charge is 2.35. The molecule has 1 atom stereocenters. The van der Waals surface area contributed by atoms with Crippen LogP contribution in [0.1, 0.15) is 38.4 Å². The van der Waals surface area contributed by atoms with Gasteiger partial charge >= 0.3 is 6.18 Å². The molecule has 12 heteroatoms. The van der Waals surface area contributed by atoms with Crippen molar-refractivity contribution in [2.45, 2.75) is 38.8 Å². The quantitative estimate of drug-likeness (QED) is 0.213. The maximum Gasteiger partial charge on any atom is 0.451 e. The molecule has 3 N–H and O–H groups in total. The highest BCUT2D eigenvalue weighted by atomic mass is 19.4. The molecule has 0 bridgehead atoms. The predicted molar refractivity (Wildman–Crippen MR) is 104 cm³/mol. The number of alkyl halides is 3. The molecular weight excluding hydrogens is 417 g/mol. The minimum atomic E-state index is -4.78. The van der Waals surface area contributed by atoms with Crippen LogP contribution in [0, 0.1) is 5.92 Å². The molecule has 0 saturated carbocycles. The molecule has 0 radical (unpaired) electrons. The van der Waals surface area contributed by atoms with Crippen molar-refractivity contribution in [1.82, 2.24) is 25.4 Å². The number of amides is 2. The summed E-state index contributed by atoms with van der Waals surface area (Å²) in [7, 11) is 0. The molecule has 0 aromatic carbocycles. The zero-order valence-corrected chi connectivity index (χ0v) is 16.8. The summed E-state index contributed by atoms with van der Waals surface area (Å²) in [5.41, 5.74) is 5.38. The number of hydroxylamine groups is 2. The van der Waals surface area contributed by atoms with Gasteiger partial charge in [-0.05, 0) is 12.5 Å². The van der Waals surface area contributed by atoms with Crippen molar-refractivity contribution >= 4 is 18.1 Å². The average molecular weight is 440 g/mol. The molecule has 0 saturated heterocycles. The highest BCUT2D eigenvalue weighted by Crippen LogP contribution is 2.31. The van der Waals surface area contributed by atoms with Crippen molar-refractivity contribution in [3.63, 3.8) is 0 Å². The Bertz CT molecular complexity index is 867. The van der Waals surface area contributed by atoms with Crippen molar-refractivity contribution in [3.05, 3.63) is 36.5 Å². The lowest BCUT2D eigenvalue weighted by Gasteiger charge is -2.20. The Hall–Kier alpha value is -3.28. The van der Waals surface area contributed by atoms with Gasteiger partial charge in [0.1, 0.15) is 0 Å². The third-order valence-electron chi connectivity index (χ3n) is 4.37. The van der Waals surface area contributed by atoms with Gasteiger partial charge < -0.3 is 0 Å². The maximum atomic E-state index is 13.1. The SMILES string of the molecule is CCCCCC(CN(O)C=O)C(=O)NNc1nc(C(F)(F)F)ncc1-c1cccnc1. The lowest BCUT2D eigenvalue weighted by Crippen LogP contribution is -2.40. The Morgan fingerprint density at radius 2 is 2.10 bits per heavy atom. The zero-order valence-electron chi connectivity index (χ0n) is 16.8. The molecule has 9 nitrogen and oxygen atoms in total. The van der Waals surface area contributed by atoms with Crippen molar-refractivity contribution < 1.29 is 28.0 Å². The third-order valence-corrected chi connectivity index (χ3v) is 4.37. The van der Waals surface area contributed by atoms with E-state index in [0.717, 1.165) is 19.0 Å². The molecule has 2 aromatic rings. The second kappa shape index (κ2) is 11.2. The van der Waals surface area contributed by atoms with Crippen LogP contribution < -0.4 is 10.9 Å². The van der Waals surface area contributed by atoms with Gasteiger partial charge in [0.2, 0.25) is 18.1 Å². The molecule has 0 spiro atoms. The van der Waals surface area contributed by atoms with E-state index in [9.17, 15) is 28.0 Å². The Labute approximate surface area is 176 Å². The monoisotopic (exact) mass is 440 g/mol. The fourth-order valence-electron chi connectivity index (χ4n) is 2.78. The van der Waals surface area contributed by atoms with E-state index in [0.29, 0.717) is 23.5 Å². The molecule has 31 heavy (non-hydrogen) atoms. The van der Waals surface area contributed by atoms with Gasteiger partial charge in [0, 0.05) is 29.7 Å². The van der Waals surface area contributed by atoms with Crippen molar-refractivity contribution in [1.29, 1.82) is 0 Å². The molecule has 1 unspecified atom stereocenters. The lowest BCUT2D eigenvalue weighted by atomic mass is 10.0. The van der Waals surface area contributed by atoms with Crippen LogP contribution in [0.25, 0.3) is 11.1 Å². The summed E-state index contributed by atoms with van der Waals surface area (Å²) >= 11 is 0. The molecule has 0 fully saturated rings. The topological polar surface area (TPSA) is 120 Å². The number of nitrogens with zero attached hydrogens (tertiary/aromatic N) is 4. The molecule has 0 aliphatic rings. The average Bonchev–Trinajstić information content (AvgIpc) is 2.76. The van der Waals surface area contributed by atoms with Crippen LogP contribution in [-0.4, -0.2) is 44.1 Å². The fraction of sp³-hybridized carbons (Fsp3) is 0.421. The fourth-order valence-corrected chi connectivity index (χ4v) is 2.78. The molecule has 0 aliphatic carbocycles. The Morgan fingerprint density at radius 1 is 1.32 bits per heavy atom. The minimum Gasteiger partial charge on any atom is -0.286 e. The summed E-state index contributed by atoms with van der Waals surface area (Å²) in [5, 5.41) is 9.80. The van der Waals surface area contributed by atoms with Crippen LogP contribution in [0.2, 0.25) is 0 Å². The smallest absolute Gasteiger partial charge is 0.286 e. The van der Waals surface area contributed by atoms with E-state index >= 15 is 0 Å². The Morgan fingerprint density at radius 3 is 2.71 bits per heavy atom. The van der Waals surface area contributed by atoms with E-state index in [1.807, 2.05) is 6.92 Å². The van der Waals surface area contributed by atoms with E-state index in [4.69, 9.17) is 0 Å². The van der Waals surface area contributed by atoms with E-state index in [-0.39, 0.29) is 24.3 Å². The van der Waals surface area contributed by atoms with Crippen molar-refractivity contribution in [2.75, 3.05) is 12.0 Å². The summed E-state index contributed by atoms with van der Waals surface area (Å²) in [6.07, 6.45) is 2.09. The number of nitrogens with one attached hydrogen (secondary N) is 2. The van der Waals surface area contributed by atoms with E-state index in [1.165, 1.54) is 12.4 Å². The van der Waals surface area contributed by atoms with Crippen LogP contribution >= 0.6 is 0 Å². The summed E-state index contributed by atoms with van der Waals surface area (Å²) in [5.74, 6) is -3.03. The number of carbonyl (C=O) groups is 2. The summed E-state index contributed by atoms with van der Waals surface area (Å²) < 4.78 is 39.2. The van der Waals surface area contributed by atoms with Gasteiger partial charge in [-0.2, -0.15) is 13.2 Å².